The second-order valence-corrected chi connectivity index (χ2v) is 3.75. The highest BCUT2D eigenvalue weighted by Gasteiger charge is 2.06. The average Bonchev–Trinajstić information content (AvgIpc) is 2.02. The second kappa shape index (κ2) is 7.56. The lowest BCUT2D eigenvalue weighted by Crippen LogP contribution is -2.40. The van der Waals surface area contributed by atoms with E-state index in [0.717, 1.165) is 6.54 Å². The minimum atomic E-state index is 0.525. The summed E-state index contributed by atoms with van der Waals surface area (Å²) in [4.78, 5) is 0. The van der Waals surface area contributed by atoms with E-state index in [9.17, 15) is 0 Å². The number of hydrogen-bond donors (Lipinski definition) is 2. The Morgan fingerprint density at radius 3 is 2.33 bits per heavy atom. The maximum Gasteiger partial charge on any atom is 0.0192 e. The first-order chi connectivity index (χ1) is 5.70. The molecule has 0 aromatic heterocycles. The van der Waals surface area contributed by atoms with E-state index in [1.165, 1.54) is 25.7 Å². The van der Waals surface area contributed by atoms with Crippen LogP contribution in [-0.4, -0.2) is 18.6 Å². The zero-order chi connectivity index (χ0) is 9.40. The minimum Gasteiger partial charge on any atom is -0.329 e. The molecule has 0 rings (SSSR count). The Kier molecular flexibility index (Phi) is 7.51. The van der Waals surface area contributed by atoms with Gasteiger partial charge in [0, 0.05) is 18.6 Å². The molecule has 0 aliphatic heterocycles. The van der Waals surface area contributed by atoms with Crippen LogP contribution >= 0.6 is 0 Å². The predicted molar refractivity (Wildman–Crippen MR) is 55.3 cm³/mol. The first kappa shape index (κ1) is 11.9. The van der Waals surface area contributed by atoms with Gasteiger partial charge in [-0.3, -0.25) is 0 Å². The molecule has 0 saturated heterocycles. The van der Waals surface area contributed by atoms with Crippen molar-refractivity contribution in [2.45, 2.75) is 58.5 Å². The van der Waals surface area contributed by atoms with Gasteiger partial charge in [0.25, 0.3) is 0 Å². The van der Waals surface area contributed by atoms with Crippen LogP contribution in [0.1, 0.15) is 46.5 Å². The third-order valence-electron chi connectivity index (χ3n) is 2.01. The molecular formula is C10H24N2. The molecule has 0 aliphatic carbocycles. The molecule has 0 bridgehead atoms. The Morgan fingerprint density at radius 1 is 1.25 bits per heavy atom. The number of nitrogens with two attached hydrogens (primary N) is 1. The van der Waals surface area contributed by atoms with Crippen molar-refractivity contribution in [3.8, 4) is 0 Å². The van der Waals surface area contributed by atoms with Crippen molar-refractivity contribution in [2.75, 3.05) is 6.54 Å². The van der Waals surface area contributed by atoms with Gasteiger partial charge in [-0.1, -0.05) is 40.0 Å². The van der Waals surface area contributed by atoms with Gasteiger partial charge in [-0.15, -0.1) is 0 Å². The lowest BCUT2D eigenvalue weighted by molar-refractivity contribution is 0.429. The third kappa shape index (κ3) is 6.62. The summed E-state index contributed by atoms with van der Waals surface area (Å²) in [5.74, 6) is 0. The summed E-state index contributed by atoms with van der Waals surface area (Å²) in [5.41, 5.74) is 5.64. The maximum absolute atomic E-state index is 5.64. The molecule has 0 amide bonds. The van der Waals surface area contributed by atoms with Crippen molar-refractivity contribution in [2.24, 2.45) is 5.73 Å². The Labute approximate surface area is 76.9 Å². The molecule has 2 heteroatoms. The van der Waals surface area contributed by atoms with Crippen LogP contribution in [0.2, 0.25) is 0 Å². The molecule has 0 aromatic carbocycles. The highest BCUT2D eigenvalue weighted by atomic mass is 15.0. The second-order valence-electron chi connectivity index (χ2n) is 3.75. The van der Waals surface area contributed by atoms with Gasteiger partial charge in [-0.2, -0.15) is 0 Å². The van der Waals surface area contributed by atoms with Crippen molar-refractivity contribution in [3.63, 3.8) is 0 Å². The quantitative estimate of drug-likeness (QED) is 0.576. The van der Waals surface area contributed by atoms with Crippen molar-refractivity contribution in [1.29, 1.82) is 0 Å². The van der Waals surface area contributed by atoms with Crippen LogP contribution in [0.5, 0.6) is 0 Å². The monoisotopic (exact) mass is 172 g/mol. The van der Waals surface area contributed by atoms with E-state index >= 15 is 0 Å². The summed E-state index contributed by atoms with van der Waals surface area (Å²) < 4.78 is 0. The van der Waals surface area contributed by atoms with Gasteiger partial charge in [0.15, 0.2) is 0 Å². The lowest BCUT2D eigenvalue weighted by atomic mass is 10.1. The molecule has 0 spiro atoms. The number of hydrogen-bond acceptors (Lipinski definition) is 2. The van der Waals surface area contributed by atoms with Crippen LogP contribution in [0.4, 0.5) is 0 Å². The lowest BCUT2D eigenvalue weighted by Gasteiger charge is -2.19. The zero-order valence-electron chi connectivity index (χ0n) is 8.77. The third-order valence-corrected chi connectivity index (χ3v) is 2.01. The van der Waals surface area contributed by atoms with Gasteiger partial charge >= 0.3 is 0 Å². The van der Waals surface area contributed by atoms with Gasteiger partial charge in [-0.05, 0) is 6.42 Å². The van der Waals surface area contributed by atoms with E-state index in [2.05, 4.69) is 26.1 Å². The minimum absolute atomic E-state index is 0.525. The van der Waals surface area contributed by atoms with Gasteiger partial charge in [0.05, 0.1) is 0 Å². The van der Waals surface area contributed by atoms with Crippen LogP contribution in [-0.2, 0) is 0 Å². The molecule has 2 nitrogen and oxygen atoms in total. The number of nitrogens with one attached hydrogen (secondary N) is 1. The van der Waals surface area contributed by atoms with Gasteiger partial charge in [0.1, 0.15) is 0 Å². The molecule has 0 saturated carbocycles. The fourth-order valence-electron chi connectivity index (χ4n) is 1.38. The van der Waals surface area contributed by atoms with Crippen LogP contribution in [0.25, 0.3) is 0 Å². The largest absolute Gasteiger partial charge is 0.329 e. The summed E-state index contributed by atoms with van der Waals surface area (Å²) in [7, 11) is 0. The molecule has 3 N–H and O–H groups in total. The molecule has 0 aromatic rings. The standard InChI is InChI=1S/C10H24N2/c1-4-5-6-7-10(8-11)12-9(2)3/h9-10,12H,4-8,11H2,1-3H3. The molecule has 1 atom stereocenters. The van der Waals surface area contributed by atoms with Crippen molar-refractivity contribution in [1.82, 2.24) is 5.32 Å². The van der Waals surface area contributed by atoms with E-state index in [4.69, 9.17) is 5.73 Å². The van der Waals surface area contributed by atoms with Crippen molar-refractivity contribution >= 4 is 0 Å². The van der Waals surface area contributed by atoms with E-state index < -0.39 is 0 Å². The molecule has 0 heterocycles. The van der Waals surface area contributed by atoms with Gasteiger partial charge in [-0.25, -0.2) is 0 Å². The normalized spacial score (nSPS) is 13.8. The Hall–Kier alpha value is -0.0800. The van der Waals surface area contributed by atoms with E-state index in [1.807, 2.05) is 0 Å². The summed E-state index contributed by atoms with van der Waals surface area (Å²) in [6.45, 7) is 7.33. The topological polar surface area (TPSA) is 38.0 Å². The molecular weight excluding hydrogens is 148 g/mol. The Morgan fingerprint density at radius 2 is 1.92 bits per heavy atom. The van der Waals surface area contributed by atoms with Crippen LogP contribution in [0.3, 0.4) is 0 Å². The highest BCUT2D eigenvalue weighted by Crippen LogP contribution is 2.02. The SMILES string of the molecule is CCCCCC(CN)NC(C)C. The molecule has 0 fully saturated rings. The smallest absolute Gasteiger partial charge is 0.0192 e. The predicted octanol–water partition coefficient (Wildman–Crippen LogP) is 1.89. The molecule has 0 radical (unpaired) electrons. The van der Waals surface area contributed by atoms with Crippen LogP contribution < -0.4 is 11.1 Å². The van der Waals surface area contributed by atoms with Crippen molar-refractivity contribution < 1.29 is 0 Å². The maximum atomic E-state index is 5.64. The Balaban J connectivity index is 3.39. The number of rotatable bonds is 7. The van der Waals surface area contributed by atoms with Crippen molar-refractivity contribution in [3.05, 3.63) is 0 Å². The summed E-state index contributed by atoms with van der Waals surface area (Å²) in [6, 6.07) is 1.08. The molecule has 1 unspecified atom stereocenters. The van der Waals surface area contributed by atoms with Gasteiger partial charge in [0.2, 0.25) is 0 Å². The summed E-state index contributed by atoms with van der Waals surface area (Å²) in [5, 5.41) is 3.46. The Bertz CT molecular complexity index is 91.8. The van der Waals surface area contributed by atoms with Crippen LogP contribution in [0.15, 0.2) is 0 Å². The first-order valence-corrected chi connectivity index (χ1v) is 5.16. The fourth-order valence-corrected chi connectivity index (χ4v) is 1.38. The molecule has 74 valence electrons. The first-order valence-electron chi connectivity index (χ1n) is 5.16. The zero-order valence-corrected chi connectivity index (χ0v) is 8.77. The highest BCUT2D eigenvalue weighted by molar-refractivity contribution is 4.69. The molecule has 12 heavy (non-hydrogen) atoms. The number of unbranched alkanes of at least 4 members (excludes halogenated alkanes) is 2. The van der Waals surface area contributed by atoms with E-state index in [0.29, 0.717) is 12.1 Å². The average molecular weight is 172 g/mol. The van der Waals surface area contributed by atoms with Crippen LogP contribution in [0, 0.1) is 0 Å². The summed E-state index contributed by atoms with van der Waals surface area (Å²) in [6.07, 6.45) is 5.15. The van der Waals surface area contributed by atoms with E-state index in [1.54, 1.807) is 0 Å². The molecule has 0 aliphatic rings. The fraction of sp³-hybridized carbons (Fsp3) is 1.00. The van der Waals surface area contributed by atoms with E-state index in [-0.39, 0.29) is 0 Å². The van der Waals surface area contributed by atoms with Gasteiger partial charge < -0.3 is 11.1 Å². The summed E-state index contributed by atoms with van der Waals surface area (Å²) >= 11 is 0.